The molecule has 0 radical (unpaired) electrons. The van der Waals surface area contributed by atoms with Crippen LogP contribution in [-0.4, -0.2) is 11.9 Å². The van der Waals surface area contributed by atoms with Crippen LogP contribution in [0.3, 0.4) is 0 Å². The molecule has 1 aromatic rings. The van der Waals surface area contributed by atoms with Gasteiger partial charge in [-0.2, -0.15) is 11.3 Å². The molecule has 0 aromatic carbocycles. The third-order valence-electron chi connectivity index (χ3n) is 4.27. The third kappa shape index (κ3) is 3.58. The maximum Gasteiger partial charge on any atom is 0.220 e. The number of amides is 1. The van der Waals surface area contributed by atoms with Crippen molar-refractivity contribution in [3.05, 3.63) is 22.4 Å². The van der Waals surface area contributed by atoms with Crippen molar-refractivity contribution < 1.29 is 4.79 Å². The second kappa shape index (κ2) is 6.37. The Kier molecular flexibility index (Phi) is 4.81. The lowest BCUT2D eigenvalue weighted by Crippen LogP contribution is -2.43. The summed E-state index contributed by atoms with van der Waals surface area (Å²) in [4.78, 5) is 12.0. The summed E-state index contributed by atoms with van der Waals surface area (Å²) in [5.74, 6) is 1.57. The summed E-state index contributed by atoms with van der Waals surface area (Å²) in [6, 6.07) is 2.49. The lowest BCUT2D eigenvalue weighted by atomic mass is 9.78. The van der Waals surface area contributed by atoms with Gasteiger partial charge < -0.3 is 5.32 Å². The van der Waals surface area contributed by atoms with Crippen LogP contribution in [0, 0.1) is 11.8 Å². The Morgan fingerprint density at radius 2 is 2.28 bits per heavy atom. The fourth-order valence-corrected chi connectivity index (χ4v) is 3.46. The first-order chi connectivity index (χ1) is 8.66. The second-order valence-electron chi connectivity index (χ2n) is 5.57. The largest absolute Gasteiger partial charge is 0.353 e. The lowest BCUT2D eigenvalue weighted by Gasteiger charge is -2.34. The Balaban J connectivity index is 1.76. The van der Waals surface area contributed by atoms with E-state index in [-0.39, 0.29) is 5.91 Å². The van der Waals surface area contributed by atoms with Crippen LogP contribution in [0.25, 0.3) is 0 Å². The zero-order valence-electron chi connectivity index (χ0n) is 11.3. The van der Waals surface area contributed by atoms with Crippen molar-refractivity contribution in [2.24, 2.45) is 11.8 Å². The van der Waals surface area contributed by atoms with E-state index in [1.165, 1.54) is 18.4 Å². The van der Waals surface area contributed by atoms with Crippen molar-refractivity contribution >= 4 is 17.2 Å². The Bertz CT molecular complexity index is 374. The quantitative estimate of drug-likeness (QED) is 0.885. The molecule has 1 amide bonds. The molecular weight excluding hydrogens is 242 g/mol. The van der Waals surface area contributed by atoms with Gasteiger partial charge in [-0.25, -0.2) is 0 Å². The summed E-state index contributed by atoms with van der Waals surface area (Å²) in [7, 11) is 0. The van der Waals surface area contributed by atoms with E-state index < -0.39 is 0 Å². The second-order valence-corrected chi connectivity index (χ2v) is 6.35. The molecule has 1 saturated carbocycles. The van der Waals surface area contributed by atoms with Crippen LogP contribution in [0.2, 0.25) is 0 Å². The van der Waals surface area contributed by atoms with Crippen LogP contribution in [-0.2, 0) is 11.2 Å². The van der Waals surface area contributed by atoms with Crippen LogP contribution >= 0.6 is 11.3 Å². The minimum Gasteiger partial charge on any atom is -0.353 e. The smallest absolute Gasteiger partial charge is 0.220 e. The summed E-state index contributed by atoms with van der Waals surface area (Å²) >= 11 is 1.70. The fourth-order valence-electron chi connectivity index (χ4n) is 2.76. The van der Waals surface area contributed by atoms with E-state index in [1.54, 1.807) is 11.3 Å². The monoisotopic (exact) mass is 265 g/mol. The summed E-state index contributed by atoms with van der Waals surface area (Å²) in [5, 5.41) is 7.42. The molecular formula is C15H23NOS. The highest BCUT2D eigenvalue weighted by atomic mass is 32.1. The molecule has 0 spiro atoms. The highest BCUT2D eigenvalue weighted by Crippen LogP contribution is 2.29. The van der Waals surface area contributed by atoms with Gasteiger partial charge in [0.25, 0.3) is 0 Å². The first-order valence-electron chi connectivity index (χ1n) is 6.97. The van der Waals surface area contributed by atoms with Crippen molar-refractivity contribution in [3.8, 4) is 0 Å². The van der Waals surface area contributed by atoms with E-state index in [4.69, 9.17) is 0 Å². The summed E-state index contributed by atoms with van der Waals surface area (Å²) in [6.45, 7) is 4.57. The zero-order valence-corrected chi connectivity index (χ0v) is 12.1. The normalized spacial score (nSPS) is 28.0. The Morgan fingerprint density at radius 1 is 1.44 bits per heavy atom. The number of thiophene rings is 1. The molecule has 0 aliphatic heterocycles. The van der Waals surface area contributed by atoms with Crippen molar-refractivity contribution in [2.75, 3.05) is 0 Å². The fraction of sp³-hybridized carbons (Fsp3) is 0.667. The topological polar surface area (TPSA) is 29.1 Å². The Hall–Kier alpha value is -0.830. The van der Waals surface area contributed by atoms with Crippen LogP contribution in [0.1, 0.15) is 45.1 Å². The number of carbonyl (C=O) groups excluding carboxylic acids is 1. The zero-order chi connectivity index (χ0) is 13.0. The number of nitrogens with one attached hydrogen (secondary N) is 1. The SMILES string of the molecule is CC1CCCC(NC(=O)CCc2ccsc2)C1C. The summed E-state index contributed by atoms with van der Waals surface area (Å²) < 4.78 is 0. The van der Waals surface area contributed by atoms with Crippen LogP contribution in [0.15, 0.2) is 16.8 Å². The minimum absolute atomic E-state index is 0.215. The van der Waals surface area contributed by atoms with Gasteiger partial charge >= 0.3 is 0 Å². The van der Waals surface area contributed by atoms with Crippen LogP contribution in [0.5, 0.6) is 0 Å². The number of hydrogen-bond donors (Lipinski definition) is 1. The predicted octanol–water partition coefficient (Wildman–Crippen LogP) is 3.62. The van der Waals surface area contributed by atoms with E-state index in [9.17, 15) is 4.79 Å². The Morgan fingerprint density at radius 3 is 3.00 bits per heavy atom. The molecule has 3 atom stereocenters. The van der Waals surface area contributed by atoms with Crippen LogP contribution < -0.4 is 5.32 Å². The number of carbonyl (C=O) groups is 1. The van der Waals surface area contributed by atoms with Gasteiger partial charge in [0.1, 0.15) is 0 Å². The first kappa shape index (κ1) is 13.6. The molecule has 1 heterocycles. The van der Waals surface area contributed by atoms with Gasteiger partial charge in [-0.15, -0.1) is 0 Å². The molecule has 0 saturated heterocycles. The van der Waals surface area contributed by atoms with Gasteiger partial charge in [-0.3, -0.25) is 4.79 Å². The summed E-state index contributed by atoms with van der Waals surface area (Å²) in [5.41, 5.74) is 1.28. The van der Waals surface area contributed by atoms with Gasteiger partial charge in [0.15, 0.2) is 0 Å². The molecule has 1 fully saturated rings. The molecule has 100 valence electrons. The maximum absolute atomic E-state index is 12.0. The minimum atomic E-state index is 0.215. The summed E-state index contributed by atoms with van der Waals surface area (Å²) in [6.07, 6.45) is 5.19. The first-order valence-corrected chi connectivity index (χ1v) is 7.91. The van der Waals surface area contributed by atoms with E-state index in [0.29, 0.717) is 18.4 Å². The van der Waals surface area contributed by atoms with E-state index in [0.717, 1.165) is 18.8 Å². The van der Waals surface area contributed by atoms with Gasteiger partial charge in [0, 0.05) is 12.5 Å². The third-order valence-corrected chi connectivity index (χ3v) is 5.01. The van der Waals surface area contributed by atoms with E-state index >= 15 is 0 Å². The molecule has 1 N–H and O–H groups in total. The number of aryl methyl sites for hydroxylation is 1. The average molecular weight is 265 g/mol. The predicted molar refractivity (Wildman–Crippen MR) is 76.7 cm³/mol. The highest BCUT2D eigenvalue weighted by molar-refractivity contribution is 7.07. The number of rotatable bonds is 4. The molecule has 18 heavy (non-hydrogen) atoms. The molecule has 2 nitrogen and oxygen atoms in total. The van der Waals surface area contributed by atoms with Crippen LogP contribution in [0.4, 0.5) is 0 Å². The number of hydrogen-bond acceptors (Lipinski definition) is 2. The average Bonchev–Trinajstić information content (AvgIpc) is 2.86. The molecule has 0 bridgehead atoms. The standard InChI is InChI=1S/C15H23NOS/c1-11-4-3-5-14(12(11)2)16-15(17)7-6-13-8-9-18-10-13/h8-12,14H,3-7H2,1-2H3,(H,16,17). The van der Waals surface area contributed by atoms with Crippen molar-refractivity contribution in [1.82, 2.24) is 5.32 Å². The van der Waals surface area contributed by atoms with Gasteiger partial charge in [-0.1, -0.05) is 26.7 Å². The van der Waals surface area contributed by atoms with E-state index in [1.807, 2.05) is 0 Å². The van der Waals surface area contributed by atoms with Gasteiger partial charge in [0.05, 0.1) is 0 Å². The maximum atomic E-state index is 12.0. The van der Waals surface area contributed by atoms with Crippen molar-refractivity contribution in [1.29, 1.82) is 0 Å². The van der Waals surface area contributed by atoms with Crippen molar-refractivity contribution in [3.63, 3.8) is 0 Å². The van der Waals surface area contributed by atoms with Crippen molar-refractivity contribution in [2.45, 2.75) is 52.0 Å². The molecule has 2 rings (SSSR count). The molecule has 1 aliphatic carbocycles. The molecule has 3 heteroatoms. The van der Waals surface area contributed by atoms with Gasteiger partial charge in [-0.05, 0) is 47.1 Å². The molecule has 3 unspecified atom stereocenters. The highest BCUT2D eigenvalue weighted by Gasteiger charge is 2.27. The lowest BCUT2D eigenvalue weighted by molar-refractivity contribution is -0.122. The molecule has 1 aromatic heterocycles. The van der Waals surface area contributed by atoms with E-state index in [2.05, 4.69) is 36.0 Å². The Labute approximate surface area is 114 Å². The van der Waals surface area contributed by atoms with Gasteiger partial charge in [0.2, 0.25) is 5.91 Å². The molecule has 1 aliphatic rings.